The van der Waals surface area contributed by atoms with Crippen LogP contribution in [0.4, 0.5) is 0 Å². The minimum atomic E-state index is 0.714. The second kappa shape index (κ2) is 4.50. The van der Waals surface area contributed by atoms with Gasteiger partial charge in [-0.25, -0.2) is 0 Å². The van der Waals surface area contributed by atoms with Crippen LogP contribution in [0.3, 0.4) is 0 Å². The molecule has 0 bridgehead atoms. The van der Waals surface area contributed by atoms with Gasteiger partial charge in [-0.15, -0.1) is 0 Å². The number of rotatable bonds is 2. The smallest absolute Gasteiger partial charge is 0.150 e. The molecule has 1 nitrogen and oxygen atoms in total. The molecule has 0 saturated heterocycles. The van der Waals surface area contributed by atoms with Gasteiger partial charge in [0, 0.05) is 10.6 Å². The van der Waals surface area contributed by atoms with Gasteiger partial charge < -0.3 is 0 Å². The maximum Gasteiger partial charge on any atom is 0.150 e. The number of aryl methyl sites for hydroxylation is 1. The molecule has 80 valence electrons. The minimum absolute atomic E-state index is 0.714. The van der Waals surface area contributed by atoms with E-state index in [1.165, 1.54) is 0 Å². The molecule has 0 aliphatic heterocycles. The molecule has 0 amide bonds. The maximum absolute atomic E-state index is 10.8. The molecular formula is C14H11ClO. The summed E-state index contributed by atoms with van der Waals surface area (Å²) in [6.07, 6.45) is 0.884. The Morgan fingerprint density at radius 2 is 1.62 bits per heavy atom. The van der Waals surface area contributed by atoms with Gasteiger partial charge in [0.25, 0.3) is 0 Å². The maximum atomic E-state index is 10.8. The van der Waals surface area contributed by atoms with Crippen molar-refractivity contribution in [2.75, 3.05) is 0 Å². The summed E-state index contributed by atoms with van der Waals surface area (Å²) >= 11 is 5.83. The van der Waals surface area contributed by atoms with Crippen LogP contribution >= 0.6 is 11.6 Å². The van der Waals surface area contributed by atoms with E-state index in [1.54, 1.807) is 0 Å². The van der Waals surface area contributed by atoms with Crippen molar-refractivity contribution < 1.29 is 4.79 Å². The zero-order valence-electron chi connectivity index (χ0n) is 8.91. The molecule has 0 fully saturated rings. The molecule has 0 spiro atoms. The highest BCUT2D eigenvalue weighted by Gasteiger charge is 2.01. The van der Waals surface area contributed by atoms with Crippen molar-refractivity contribution in [1.29, 1.82) is 0 Å². The summed E-state index contributed by atoms with van der Waals surface area (Å²) in [4.78, 5) is 10.8. The van der Waals surface area contributed by atoms with Crippen LogP contribution in [0.15, 0.2) is 42.5 Å². The van der Waals surface area contributed by atoms with Crippen molar-refractivity contribution in [2.24, 2.45) is 0 Å². The molecule has 2 heteroatoms. The normalized spacial score (nSPS) is 10.1. The van der Waals surface area contributed by atoms with Gasteiger partial charge in [0.2, 0.25) is 0 Å². The fourth-order valence-corrected chi connectivity index (χ4v) is 1.72. The van der Waals surface area contributed by atoms with Gasteiger partial charge in [-0.3, -0.25) is 4.79 Å². The predicted molar refractivity (Wildman–Crippen MR) is 67.0 cm³/mol. The molecule has 2 aromatic carbocycles. The lowest BCUT2D eigenvalue weighted by atomic mass is 10.0. The fraction of sp³-hybridized carbons (Fsp3) is 0.0714. The third-order valence-electron chi connectivity index (χ3n) is 2.58. The molecule has 0 saturated carbocycles. The van der Waals surface area contributed by atoms with Crippen LogP contribution in [0.2, 0.25) is 5.02 Å². The summed E-state index contributed by atoms with van der Waals surface area (Å²) in [5.74, 6) is 0. The van der Waals surface area contributed by atoms with E-state index in [4.69, 9.17) is 11.6 Å². The van der Waals surface area contributed by atoms with E-state index in [9.17, 15) is 4.79 Å². The van der Waals surface area contributed by atoms with Crippen LogP contribution in [0.5, 0.6) is 0 Å². The molecule has 0 heterocycles. The Hall–Kier alpha value is -1.60. The molecule has 0 aliphatic rings. The van der Waals surface area contributed by atoms with Gasteiger partial charge in [-0.2, -0.15) is 0 Å². The first kappa shape index (κ1) is 10.9. The lowest BCUT2D eigenvalue weighted by molar-refractivity contribution is 0.112. The van der Waals surface area contributed by atoms with Gasteiger partial charge in [0.1, 0.15) is 6.29 Å². The number of hydrogen-bond donors (Lipinski definition) is 0. The van der Waals surface area contributed by atoms with Crippen LogP contribution < -0.4 is 0 Å². The number of aldehydes is 1. The zero-order chi connectivity index (χ0) is 11.5. The summed E-state index contributed by atoms with van der Waals surface area (Å²) in [6.45, 7) is 1.93. The van der Waals surface area contributed by atoms with Crippen molar-refractivity contribution >= 4 is 17.9 Å². The summed E-state index contributed by atoms with van der Waals surface area (Å²) in [7, 11) is 0. The van der Waals surface area contributed by atoms with Crippen molar-refractivity contribution in [1.82, 2.24) is 0 Å². The third-order valence-corrected chi connectivity index (χ3v) is 2.84. The van der Waals surface area contributed by atoms with E-state index in [1.807, 2.05) is 49.4 Å². The molecule has 0 aliphatic carbocycles. The van der Waals surface area contributed by atoms with Crippen LogP contribution in [-0.2, 0) is 0 Å². The van der Waals surface area contributed by atoms with Crippen molar-refractivity contribution in [3.8, 4) is 11.1 Å². The lowest BCUT2D eigenvalue weighted by Gasteiger charge is -2.04. The SMILES string of the molecule is Cc1ccc(-c2ccc(Cl)cc2)cc1C=O. The lowest BCUT2D eigenvalue weighted by Crippen LogP contribution is -1.87. The first-order valence-corrected chi connectivity index (χ1v) is 5.40. The Balaban J connectivity index is 2.48. The number of benzene rings is 2. The molecular weight excluding hydrogens is 220 g/mol. The quantitative estimate of drug-likeness (QED) is 0.709. The van der Waals surface area contributed by atoms with E-state index in [0.717, 1.165) is 28.5 Å². The van der Waals surface area contributed by atoms with Crippen LogP contribution in [-0.4, -0.2) is 6.29 Å². The van der Waals surface area contributed by atoms with Gasteiger partial charge in [0.15, 0.2) is 0 Å². The molecule has 0 atom stereocenters. The highest BCUT2D eigenvalue weighted by atomic mass is 35.5. The Labute approximate surface area is 99.7 Å². The van der Waals surface area contributed by atoms with Gasteiger partial charge in [-0.1, -0.05) is 35.9 Å². The first-order valence-electron chi connectivity index (χ1n) is 5.02. The number of halogens is 1. The Bertz CT molecular complexity index is 515. The fourth-order valence-electron chi connectivity index (χ4n) is 1.59. The summed E-state index contributed by atoms with van der Waals surface area (Å²) in [6, 6.07) is 13.4. The second-order valence-corrected chi connectivity index (χ2v) is 4.13. The third kappa shape index (κ3) is 2.15. The van der Waals surface area contributed by atoms with Crippen molar-refractivity contribution in [2.45, 2.75) is 6.92 Å². The minimum Gasteiger partial charge on any atom is -0.298 e. The molecule has 2 rings (SSSR count). The topological polar surface area (TPSA) is 17.1 Å². The molecule has 16 heavy (non-hydrogen) atoms. The van der Waals surface area contributed by atoms with Crippen LogP contribution in [0.25, 0.3) is 11.1 Å². The summed E-state index contributed by atoms with van der Waals surface area (Å²) < 4.78 is 0. The van der Waals surface area contributed by atoms with Crippen LogP contribution in [0.1, 0.15) is 15.9 Å². The van der Waals surface area contributed by atoms with Crippen molar-refractivity contribution in [3.05, 3.63) is 58.6 Å². The monoisotopic (exact) mass is 230 g/mol. The second-order valence-electron chi connectivity index (χ2n) is 3.70. The Morgan fingerprint density at radius 1 is 1.00 bits per heavy atom. The van der Waals surface area contributed by atoms with Gasteiger partial charge in [-0.05, 0) is 41.8 Å². The van der Waals surface area contributed by atoms with E-state index in [2.05, 4.69) is 0 Å². The van der Waals surface area contributed by atoms with Gasteiger partial charge in [0.05, 0.1) is 0 Å². The average molecular weight is 231 g/mol. The highest BCUT2D eigenvalue weighted by molar-refractivity contribution is 6.30. The van der Waals surface area contributed by atoms with E-state index < -0.39 is 0 Å². The number of carbonyl (C=O) groups is 1. The molecule has 0 unspecified atom stereocenters. The predicted octanol–water partition coefficient (Wildman–Crippen LogP) is 4.13. The standard InChI is InChI=1S/C14H11ClO/c1-10-2-3-12(8-13(10)9-16)11-4-6-14(15)7-5-11/h2-9H,1H3. The molecule has 0 N–H and O–H groups in total. The van der Waals surface area contributed by atoms with E-state index in [-0.39, 0.29) is 0 Å². The highest BCUT2D eigenvalue weighted by Crippen LogP contribution is 2.23. The van der Waals surface area contributed by atoms with E-state index in [0.29, 0.717) is 5.02 Å². The van der Waals surface area contributed by atoms with Crippen LogP contribution in [0, 0.1) is 6.92 Å². The van der Waals surface area contributed by atoms with Gasteiger partial charge >= 0.3 is 0 Å². The Kier molecular flexibility index (Phi) is 3.07. The van der Waals surface area contributed by atoms with E-state index >= 15 is 0 Å². The number of hydrogen-bond acceptors (Lipinski definition) is 1. The van der Waals surface area contributed by atoms with Crippen molar-refractivity contribution in [3.63, 3.8) is 0 Å². The molecule has 2 aromatic rings. The summed E-state index contributed by atoms with van der Waals surface area (Å²) in [5, 5.41) is 0.714. The molecule has 0 radical (unpaired) electrons. The Morgan fingerprint density at radius 3 is 2.25 bits per heavy atom. The first-order chi connectivity index (χ1) is 7.70. The average Bonchev–Trinajstić information content (AvgIpc) is 2.31. The molecule has 0 aromatic heterocycles. The largest absolute Gasteiger partial charge is 0.298 e. The zero-order valence-corrected chi connectivity index (χ0v) is 9.66. The summed E-state index contributed by atoms with van der Waals surface area (Å²) in [5.41, 5.74) is 3.82. The number of carbonyl (C=O) groups excluding carboxylic acids is 1.